The number of fused-ring (bicyclic) bond motifs is 1. The van der Waals surface area contributed by atoms with Gasteiger partial charge >= 0.3 is 0 Å². The number of primary amides is 1. The topological polar surface area (TPSA) is 75.2 Å². The summed E-state index contributed by atoms with van der Waals surface area (Å²) in [5, 5.41) is 1.02. The van der Waals surface area contributed by atoms with E-state index in [-0.39, 0.29) is 5.91 Å². The van der Waals surface area contributed by atoms with Gasteiger partial charge in [-0.1, -0.05) is 38.1 Å². The lowest BCUT2D eigenvalue weighted by Crippen LogP contribution is -2.68. The van der Waals surface area contributed by atoms with Crippen molar-refractivity contribution in [2.24, 2.45) is 11.1 Å². The van der Waals surface area contributed by atoms with Gasteiger partial charge in [-0.25, -0.2) is 0 Å². The summed E-state index contributed by atoms with van der Waals surface area (Å²) >= 11 is 0. The molecule has 43 heavy (non-hydrogen) atoms. The minimum atomic E-state index is -0.375. The molecule has 224 valence electrons. The van der Waals surface area contributed by atoms with Crippen LogP contribution in [-0.4, -0.2) is 61.6 Å². The van der Waals surface area contributed by atoms with Crippen molar-refractivity contribution in [1.29, 1.82) is 0 Å². The van der Waals surface area contributed by atoms with Crippen molar-refractivity contribution >= 4 is 22.6 Å². The largest absolute Gasteiger partial charge is 0.496 e. The number of methoxy groups -OCH3 is 1. The number of anilines is 1. The van der Waals surface area contributed by atoms with E-state index in [0.717, 1.165) is 56.0 Å². The number of carbonyl (C=O) groups is 1. The third kappa shape index (κ3) is 5.19. The normalized spacial score (nSPS) is 20.8. The lowest BCUT2D eigenvalue weighted by Gasteiger charge is -2.63. The minimum absolute atomic E-state index is 0.362. The van der Waals surface area contributed by atoms with Crippen molar-refractivity contribution in [3.8, 4) is 5.75 Å². The van der Waals surface area contributed by atoms with Gasteiger partial charge < -0.3 is 19.8 Å². The smallest absolute Gasteiger partial charge is 0.248 e. The van der Waals surface area contributed by atoms with Crippen molar-refractivity contribution in [2.75, 3.05) is 44.7 Å². The Morgan fingerprint density at radius 3 is 2.53 bits per heavy atom. The molecule has 0 unspecified atom stereocenters. The highest BCUT2D eigenvalue weighted by molar-refractivity contribution is 5.93. The van der Waals surface area contributed by atoms with Crippen LogP contribution in [0.4, 0.5) is 5.69 Å². The predicted molar refractivity (Wildman–Crippen MR) is 171 cm³/mol. The standard InChI is InChI=1S/C36H42N4O3/c1-24(2)29-6-4-5-7-30(29)32-21-38(20-25-16-33(42-3)31-12-15-43-34(31)17-25)13-14-40(32)28-18-36(19-28)22-39(23-36)27-10-8-26(9-11-27)35(37)41/h4-12,15-17,24,28,32H,13-14,18-23H2,1-3H3,(H2,37,41)/t32-/m0/s1. The van der Waals surface area contributed by atoms with Gasteiger partial charge in [0.15, 0.2) is 0 Å². The fourth-order valence-electron chi connectivity index (χ4n) is 7.88. The van der Waals surface area contributed by atoms with E-state index in [4.69, 9.17) is 14.9 Å². The zero-order chi connectivity index (χ0) is 29.7. The fourth-order valence-corrected chi connectivity index (χ4v) is 7.88. The molecule has 0 bridgehead atoms. The van der Waals surface area contributed by atoms with E-state index in [1.54, 1.807) is 13.4 Å². The minimum Gasteiger partial charge on any atom is -0.496 e. The number of hydrogen-bond donors (Lipinski definition) is 1. The summed E-state index contributed by atoms with van der Waals surface area (Å²) in [5.74, 6) is 0.980. The average Bonchev–Trinajstić information content (AvgIpc) is 3.45. The molecule has 1 atom stereocenters. The Labute approximate surface area is 254 Å². The van der Waals surface area contributed by atoms with Gasteiger partial charge in [0.2, 0.25) is 5.91 Å². The summed E-state index contributed by atoms with van der Waals surface area (Å²) in [7, 11) is 1.73. The zero-order valence-corrected chi connectivity index (χ0v) is 25.5. The summed E-state index contributed by atoms with van der Waals surface area (Å²) in [4.78, 5) is 19.3. The van der Waals surface area contributed by atoms with Crippen LogP contribution in [0.1, 0.15) is 65.7 Å². The van der Waals surface area contributed by atoms with Gasteiger partial charge in [-0.05, 0) is 77.9 Å². The Kier molecular flexibility index (Phi) is 7.18. The Hall–Kier alpha value is -3.81. The van der Waals surface area contributed by atoms with Crippen LogP contribution in [0, 0.1) is 5.41 Å². The summed E-state index contributed by atoms with van der Waals surface area (Å²) < 4.78 is 11.4. The van der Waals surface area contributed by atoms with E-state index < -0.39 is 0 Å². The molecular weight excluding hydrogens is 536 g/mol. The van der Waals surface area contributed by atoms with Crippen LogP contribution in [0.3, 0.4) is 0 Å². The number of nitrogens with two attached hydrogens (primary N) is 1. The lowest BCUT2D eigenvalue weighted by atomic mass is 9.59. The molecule has 3 aliphatic rings. The summed E-state index contributed by atoms with van der Waals surface area (Å²) in [6.45, 7) is 10.8. The number of benzene rings is 3. The van der Waals surface area contributed by atoms with Gasteiger partial charge in [0.05, 0.1) is 18.8 Å². The highest BCUT2D eigenvalue weighted by atomic mass is 16.5. The lowest BCUT2D eigenvalue weighted by molar-refractivity contribution is -0.0647. The molecule has 1 aliphatic carbocycles. The Morgan fingerprint density at radius 1 is 1.05 bits per heavy atom. The molecule has 2 aliphatic heterocycles. The molecule has 1 saturated carbocycles. The molecule has 3 heterocycles. The van der Waals surface area contributed by atoms with Crippen LogP contribution < -0.4 is 15.4 Å². The fraction of sp³-hybridized carbons (Fsp3) is 0.417. The maximum atomic E-state index is 11.5. The maximum absolute atomic E-state index is 11.5. The molecule has 7 heteroatoms. The van der Waals surface area contributed by atoms with Crippen LogP contribution in [0.5, 0.6) is 5.75 Å². The van der Waals surface area contributed by atoms with Crippen molar-refractivity contribution < 1.29 is 13.9 Å². The summed E-state index contributed by atoms with van der Waals surface area (Å²) in [6, 6.07) is 24.1. The number of piperazine rings is 1. The molecule has 3 aromatic carbocycles. The predicted octanol–water partition coefficient (Wildman–Crippen LogP) is 6.19. The van der Waals surface area contributed by atoms with Gasteiger partial charge in [-0.15, -0.1) is 0 Å². The number of nitrogens with zero attached hydrogens (tertiary/aromatic N) is 3. The number of ether oxygens (including phenoxy) is 1. The van der Waals surface area contributed by atoms with Gasteiger partial charge in [0.1, 0.15) is 11.3 Å². The van der Waals surface area contributed by atoms with Crippen molar-refractivity contribution in [3.63, 3.8) is 0 Å². The highest BCUT2D eigenvalue weighted by Crippen LogP contribution is 2.53. The third-order valence-corrected chi connectivity index (χ3v) is 10.1. The molecular formula is C36H42N4O3. The van der Waals surface area contributed by atoms with E-state index in [1.807, 2.05) is 30.3 Å². The quantitative estimate of drug-likeness (QED) is 0.269. The zero-order valence-electron chi connectivity index (χ0n) is 25.5. The van der Waals surface area contributed by atoms with Crippen molar-refractivity contribution in [2.45, 2.75) is 51.2 Å². The van der Waals surface area contributed by atoms with E-state index in [1.165, 1.54) is 35.2 Å². The highest BCUT2D eigenvalue weighted by Gasteiger charge is 2.55. The first-order chi connectivity index (χ1) is 20.8. The van der Waals surface area contributed by atoms with Crippen LogP contribution in [0.15, 0.2) is 77.4 Å². The first-order valence-electron chi connectivity index (χ1n) is 15.6. The van der Waals surface area contributed by atoms with Crippen molar-refractivity contribution in [3.05, 3.63) is 95.2 Å². The number of carbonyl (C=O) groups excluding carboxylic acids is 1. The first-order valence-corrected chi connectivity index (χ1v) is 15.6. The second-order valence-electron chi connectivity index (χ2n) is 13.2. The van der Waals surface area contributed by atoms with Crippen LogP contribution in [0.25, 0.3) is 11.0 Å². The molecule has 1 spiro atoms. The molecule has 7 rings (SSSR count). The average molecular weight is 579 g/mol. The summed E-state index contributed by atoms with van der Waals surface area (Å²) in [6.07, 6.45) is 4.23. The Morgan fingerprint density at radius 2 is 1.81 bits per heavy atom. The van der Waals surface area contributed by atoms with Gasteiger partial charge in [-0.2, -0.15) is 0 Å². The molecule has 3 fully saturated rings. The molecule has 2 saturated heterocycles. The van der Waals surface area contributed by atoms with E-state index >= 15 is 0 Å². The number of amides is 1. The number of hydrogen-bond acceptors (Lipinski definition) is 6. The molecule has 1 aromatic heterocycles. The number of rotatable bonds is 8. The molecule has 0 radical (unpaired) electrons. The summed E-state index contributed by atoms with van der Waals surface area (Å²) in [5.41, 5.74) is 12.6. The van der Waals surface area contributed by atoms with Crippen LogP contribution >= 0.6 is 0 Å². The maximum Gasteiger partial charge on any atom is 0.248 e. The van der Waals surface area contributed by atoms with E-state index in [0.29, 0.717) is 29.0 Å². The van der Waals surface area contributed by atoms with E-state index in [9.17, 15) is 4.79 Å². The Balaban J connectivity index is 1.07. The second kappa shape index (κ2) is 11.0. The molecule has 7 nitrogen and oxygen atoms in total. The van der Waals surface area contributed by atoms with Crippen molar-refractivity contribution in [1.82, 2.24) is 9.80 Å². The van der Waals surface area contributed by atoms with Crippen LogP contribution in [0.2, 0.25) is 0 Å². The monoisotopic (exact) mass is 578 g/mol. The molecule has 2 N–H and O–H groups in total. The van der Waals surface area contributed by atoms with Gasteiger partial charge in [0.25, 0.3) is 0 Å². The SMILES string of the molecule is COc1cc(CN2CCN(C3CC4(C3)CN(c3ccc(C(N)=O)cc3)C4)[C@H](c3ccccc3C(C)C)C2)cc2occc12. The van der Waals surface area contributed by atoms with E-state index in [2.05, 4.69) is 64.9 Å². The second-order valence-corrected chi connectivity index (χ2v) is 13.2. The van der Waals surface area contributed by atoms with Gasteiger partial charge in [-0.3, -0.25) is 14.6 Å². The molecule has 1 amide bonds. The first kappa shape index (κ1) is 28.0. The third-order valence-electron chi connectivity index (χ3n) is 10.1. The Bertz CT molecular complexity index is 1610. The van der Waals surface area contributed by atoms with Gasteiger partial charge in [0, 0.05) is 68.0 Å². The number of furan rings is 1. The molecule has 4 aromatic rings. The van der Waals surface area contributed by atoms with Crippen LogP contribution in [-0.2, 0) is 6.54 Å².